The van der Waals surface area contributed by atoms with E-state index in [0.29, 0.717) is 11.8 Å². The lowest BCUT2D eigenvalue weighted by Gasteiger charge is -2.22. The Kier molecular flexibility index (Phi) is 6.76. The van der Waals surface area contributed by atoms with Crippen LogP contribution in [0, 0.1) is 6.92 Å². The molecule has 3 aromatic rings. The van der Waals surface area contributed by atoms with E-state index in [9.17, 15) is 0 Å². The molecule has 0 amide bonds. The standard InChI is InChI=1S/C23H25Cl2N2/c1-18-17-21(26(2)23-6-4-3-5-22(18)23)12-9-19-7-10-20(11-8-19)27(15-13-24)16-14-25/h3-12,17H,13-16H2,1-2H3/q+1. The molecule has 27 heavy (non-hydrogen) atoms. The van der Waals surface area contributed by atoms with Crippen LogP contribution in [0.3, 0.4) is 0 Å². The molecular weight excluding hydrogens is 375 g/mol. The molecule has 0 bridgehead atoms. The van der Waals surface area contributed by atoms with Gasteiger partial charge in [0, 0.05) is 54.1 Å². The Balaban J connectivity index is 1.84. The van der Waals surface area contributed by atoms with Crippen molar-refractivity contribution in [3.8, 4) is 0 Å². The van der Waals surface area contributed by atoms with E-state index in [1.165, 1.54) is 27.7 Å². The van der Waals surface area contributed by atoms with E-state index in [0.717, 1.165) is 18.8 Å². The summed E-state index contributed by atoms with van der Waals surface area (Å²) in [5.41, 5.74) is 6.03. The zero-order valence-electron chi connectivity index (χ0n) is 15.8. The normalized spacial score (nSPS) is 11.4. The largest absolute Gasteiger partial charge is 0.369 e. The number of aryl methyl sites for hydroxylation is 2. The average molecular weight is 400 g/mol. The van der Waals surface area contributed by atoms with E-state index in [4.69, 9.17) is 23.2 Å². The van der Waals surface area contributed by atoms with Gasteiger partial charge in [-0.1, -0.05) is 24.3 Å². The molecule has 0 spiro atoms. The molecule has 2 nitrogen and oxygen atoms in total. The molecule has 2 aromatic carbocycles. The van der Waals surface area contributed by atoms with Gasteiger partial charge in [-0.15, -0.1) is 23.2 Å². The SMILES string of the molecule is Cc1cc(C=Cc2ccc(N(CCCl)CCCl)cc2)[n+](C)c2ccccc12. The van der Waals surface area contributed by atoms with Crippen LogP contribution in [0.15, 0.2) is 54.6 Å². The molecule has 0 radical (unpaired) electrons. The summed E-state index contributed by atoms with van der Waals surface area (Å²) in [6, 6.07) is 19.3. The summed E-state index contributed by atoms with van der Waals surface area (Å²) in [6.45, 7) is 3.77. The number of aromatic nitrogens is 1. The lowest BCUT2D eigenvalue weighted by Crippen LogP contribution is -2.33. The molecule has 1 aromatic heterocycles. The number of benzene rings is 2. The van der Waals surface area contributed by atoms with Crippen LogP contribution in [-0.4, -0.2) is 24.8 Å². The number of hydrogen-bond acceptors (Lipinski definition) is 1. The summed E-state index contributed by atoms with van der Waals surface area (Å²) < 4.78 is 2.23. The number of anilines is 1. The third kappa shape index (κ3) is 4.63. The van der Waals surface area contributed by atoms with E-state index in [1.54, 1.807) is 0 Å². The first-order valence-electron chi connectivity index (χ1n) is 9.17. The number of hydrogen-bond donors (Lipinski definition) is 0. The number of alkyl halides is 2. The Morgan fingerprint density at radius 3 is 2.26 bits per heavy atom. The Morgan fingerprint density at radius 2 is 1.59 bits per heavy atom. The van der Waals surface area contributed by atoms with Crippen molar-refractivity contribution < 1.29 is 4.57 Å². The topological polar surface area (TPSA) is 7.12 Å². The maximum absolute atomic E-state index is 5.90. The van der Waals surface area contributed by atoms with E-state index in [1.807, 2.05) is 0 Å². The van der Waals surface area contributed by atoms with Gasteiger partial charge in [0.2, 0.25) is 11.2 Å². The fraction of sp³-hybridized carbons (Fsp3) is 0.261. The number of rotatable bonds is 7. The maximum Gasteiger partial charge on any atom is 0.212 e. The van der Waals surface area contributed by atoms with Gasteiger partial charge in [0.1, 0.15) is 7.05 Å². The van der Waals surface area contributed by atoms with Crippen LogP contribution in [0.1, 0.15) is 16.8 Å². The van der Waals surface area contributed by atoms with Gasteiger partial charge in [0.15, 0.2) is 0 Å². The van der Waals surface area contributed by atoms with Crippen molar-refractivity contribution in [2.45, 2.75) is 6.92 Å². The second-order valence-corrected chi connectivity index (χ2v) is 7.37. The third-order valence-corrected chi connectivity index (χ3v) is 5.19. The van der Waals surface area contributed by atoms with Gasteiger partial charge in [0.05, 0.1) is 0 Å². The second-order valence-electron chi connectivity index (χ2n) is 6.62. The number of fused-ring (bicyclic) bond motifs is 1. The molecule has 1 heterocycles. The minimum absolute atomic E-state index is 0.594. The molecule has 140 valence electrons. The lowest BCUT2D eigenvalue weighted by molar-refractivity contribution is -0.646. The summed E-state index contributed by atoms with van der Waals surface area (Å²) in [5.74, 6) is 1.19. The first-order chi connectivity index (χ1) is 13.1. The van der Waals surface area contributed by atoms with Gasteiger partial charge in [-0.25, -0.2) is 0 Å². The Hall–Kier alpha value is -2.03. The van der Waals surface area contributed by atoms with E-state index >= 15 is 0 Å². The molecule has 0 aliphatic carbocycles. The highest BCUT2D eigenvalue weighted by molar-refractivity contribution is 6.18. The highest BCUT2D eigenvalue weighted by Crippen LogP contribution is 2.19. The van der Waals surface area contributed by atoms with Gasteiger partial charge in [0.25, 0.3) is 0 Å². The van der Waals surface area contributed by atoms with E-state index < -0.39 is 0 Å². The zero-order valence-corrected chi connectivity index (χ0v) is 17.3. The summed E-state index contributed by atoms with van der Waals surface area (Å²) in [6.07, 6.45) is 4.32. The molecule has 0 saturated carbocycles. The molecule has 0 fully saturated rings. The predicted molar refractivity (Wildman–Crippen MR) is 119 cm³/mol. The molecule has 0 saturated heterocycles. The first kappa shape index (κ1) is 19.7. The quantitative estimate of drug-likeness (QED) is 0.379. The smallest absolute Gasteiger partial charge is 0.212 e. The average Bonchev–Trinajstić information content (AvgIpc) is 2.70. The van der Waals surface area contributed by atoms with Crippen molar-refractivity contribution in [3.05, 3.63) is 71.4 Å². The minimum atomic E-state index is 0.594. The van der Waals surface area contributed by atoms with Crippen LogP contribution >= 0.6 is 23.2 Å². The monoisotopic (exact) mass is 399 g/mol. The number of pyridine rings is 1. The van der Waals surface area contributed by atoms with Crippen molar-refractivity contribution >= 4 is 51.9 Å². The third-order valence-electron chi connectivity index (χ3n) is 4.86. The minimum Gasteiger partial charge on any atom is -0.369 e. The van der Waals surface area contributed by atoms with Crippen LogP contribution in [0.5, 0.6) is 0 Å². The van der Waals surface area contributed by atoms with Crippen molar-refractivity contribution in [2.24, 2.45) is 7.05 Å². The number of halogens is 2. The highest BCUT2D eigenvalue weighted by atomic mass is 35.5. The summed E-state index contributed by atoms with van der Waals surface area (Å²) in [4.78, 5) is 2.21. The molecule has 0 atom stereocenters. The summed E-state index contributed by atoms with van der Waals surface area (Å²) >= 11 is 11.8. The summed E-state index contributed by atoms with van der Waals surface area (Å²) in [5, 5.41) is 1.29. The fourth-order valence-corrected chi connectivity index (χ4v) is 3.75. The van der Waals surface area contributed by atoms with Gasteiger partial charge in [-0.3, -0.25) is 0 Å². The maximum atomic E-state index is 5.90. The summed E-state index contributed by atoms with van der Waals surface area (Å²) in [7, 11) is 2.11. The van der Waals surface area contributed by atoms with Crippen LogP contribution in [0.25, 0.3) is 23.1 Å². The molecule has 0 N–H and O–H groups in total. The molecule has 4 heteroatoms. The van der Waals surface area contributed by atoms with Gasteiger partial charge in [-0.2, -0.15) is 4.57 Å². The van der Waals surface area contributed by atoms with Crippen LogP contribution < -0.4 is 9.47 Å². The van der Waals surface area contributed by atoms with Crippen LogP contribution in [0.4, 0.5) is 5.69 Å². The van der Waals surface area contributed by atoms with E-state index in [2.05, 4.69) is 90.2 Å². The molecule has 0 aliphatic rings. The predicted octanol–water partition coefficient (Wildman–Crippen LogP) is 5.43. The molecule has 3 rings (SSSR count). The van der Waals surface area contributed by atoms with E-state index in [-0.39, 0.29) is 0 Å². The second kappa shape index (κ2) is 9.25. The Morgan fingerprint density at radius 1 is 0.926 bits per heavy atom. The fourth-order valence-electron chi connectivity index (χ4n) is 3.35. The van der Waals surface area contributed by atoms with Crippen molar-refractivity contribution in [1.82, 2.24) is 0 Å². The first-order valence-corrected chi connectivity index (χ1v) is 10.2. The van der Waals surface area contributed by atoms with Gasteiger partial charge >= 0.3 is 0 Å². The van der Waals surface area contributed by atoms with Crippen LogP contribution in [-0.2, 0) is 7.05 Å². The van der Waals surface area contributed by atoms with Gasteiger partial charge in [-0.05, 0) is 42.3 Å². The zero-order chi connectivity index (χ0) is 19.2. The van der Waals surface area contributed by atoms with Crippen molar-refractivity contribution in [3.63, 3.8) is 0 Å². The number of nitrogens with zero attached hydrogens (tertiary/aromatic N) is 2. The lowest BCUT2D eigenvalue weighted by atomic mass is 10.1. The van der Waals surface area contributed by atoms with Gasteiger partial charge < -0.3 is 4.90 Å². The van der Waals surface area contributed by atoms with Crippen molar-refractivity contribution in [1.29, 1.82) is 0 Å². The Labute approximate surface area is 171 Å². The Bertz CT molecular complexity index is 927. The molecule has 0 unspecified atom stereocenters. The molecule has 0 aliphatic heterocycles. The van der Waals surface area contributed by atoms with Crippen LogP contribution in [0.2, 0.25) is 0 Å². The number of para-hydroxylation sites is 1. The van der Waals surface area contributed by atoms with Crippen molar-refractivity contribution in [2.75, 3.05) is 29.7 Å². The molecular formula is C23H25Cl2N2+. The highest BCUT2D eigenvalue weighted by Gasteiger charge is 2.11.